The lowest BCUT2D eigenvalue weighted by molar-refractivity contribution is 0.175. The van der Waals surface area contributed by atoms with Gasteiger partial charge in [0, 0.05) is 25.6 Å². The standard InChI is InChI=1S/C9H18N2O2/c1-3-8(11-9(12)10-2)7-4-5-13-6-7/h7-8H,3-6H2,1-2H3,(H2,10,11,12). The summed E-state index contributed by atoms with van der Waals surface area (Å²) in [5.74, 6) is 0.488. The van der Waals surface area contributed by atoms with Gasteiger partial charge in [-0.15, -0.1) is 0 Å². The van der Waals surface area contributed by atoms with Crippen molar-refractivity contribution in [2.24, 2.45) is 5.92 Å². The first-order chi connectivity index (χ1) is 6.27. The van der Waals surface area contributed by atoms with E-state index in [1.54, 1.807) is 7.05 Å². The number of ether oxygens (including phenoxy) is 1. The second kappa shape index (κ2) is 5.07. The van der Waals surface area contributed by atoms with E-state index < -0.39 is 0 Å². The van der Waals surface area contributed by atoms with Crippen molar-refractivity contribution in [2.75, 3.05) is 20.3 Å². The van der Waals surface area contributed by atoms with Crippen molar-refractivity contribution in [1.29, 1.82) is 0 Å². The second-order valence-electron chi connectivity index (χ2n) is 3.36. The number of nitrogens with one attached hydrogen (secondary N) is 2. The molecule has 0 bridgehead atoms. The third kappa shape index (κ3) is 2.88. The van der Waals surface area contributed by atoms with E-state index >= 15 is 0 Å². The Hall–Kier alpha value is -0.770. The zero-order valence-corrected chi connectivity index (χ0v) is 8.30. The molecule has 2 amide bonds. The van der Waals surface area contributed by atoms with Crippen LogP contribution in [-0.2, 0) is 4.74 Å². The number of carbonyl (C=O) groups excluding carboxylic acids is 1. The summed E-state index contributed by atoms with van der Waals surface area (Å²) >= 11 is 0. The molecule has 1 fully saturated rings. The molecule has 1 heterocycles. The van der Waals surface area contributed by atoms with Crippen LogP contribution in [0.5, 0.6) is 0 Å². The molecule has 1 aliphatic rings. The smallest absolute Gasteiger partial charge is 0.314 e. The predicted octanol–water partition coefficient (Wildman–Crippen LogP) is 0.730. The van der Waals surface area contributed by atoms with Gasteiger partial charge < -0.3 is 15.4 Å². The number of hydrogen-bond donors (Lipinski definition) is 2. The van der Waals surface area contributed by atoms with Gasteiger partial charge in [-0.1, -0.05) is 6.92 Å². The molecular weight excluding hydrogens is 168 g/mol. The average Bonchev–Trinajstić information content (AvgIpc) is 2.66. The Labute approximate surface area is 79.0 Å². The van der Waals surface area contributed by atoms with Crippen LogP contribution in [-0.4, -0.2) is 32.3 Å². The number of hydrogen-bond acceptors (Lipinski definition) is 2. The third-order valence-corrected chi connectivity index (χ3v) is 2.52. The summed E-state index contributed by atoms with van der Waals surface area (Å²) < 4.78 is 5.28. The van der Waals surface area contributed by atoms with Crippen LogP contribution in [0.4, 0.5) is 4.79 Å². The zero-order valence-electron chi connectivity index (χ0n) is 8.30. The Bertz CT molecular complexity index is 167. The maximum atomic E-state index is 11.1. The monoisotopic (exact) mass is 186 g/mol. The number of carbonyl (C=O) groups is 1. The fourth-order valence-electron chi connectivity index (χ4n) is 1.66. The highest BCUT2D eigenvalue weighted by atomic mass is 16.5. The molecule has 0 aliphatic carbocycles. The molecule has 0 saturated carbocycles. The highest BCUT2D eigenvalue weighted by Gasteiger charge is 2.25. The molecule has 13 heavy (non-hydrogen) atoms. The van der Waals surface area contributed by atoms with Crippen molar-refractivity contribution in [2.45, 2.75) is 25.8 Å². The fraction of sp³-hybridized carbons (Fsp3) is 0.889. The van der Waals surface area contributed by atoms with E-state index in [9.17, 15) is 4.79 Å². The maximum Gasteiger partial charge on any atom is 0.314 e. The molecule has 2 N–H and O–H groups in total. The molecule has 0 aromatic carbocycles. The maximum absolute atomic E-state index is 11.1. The van der Waals surface area contributed by atoms with Crippen molar-refractivity contribution in [3.8, 4) is 0 Å². The predicted molar refractivity (Wildman–Crippen MR) is 50.6 cm³/mol. The highest BCUT2D eigenvalue weighted by Crippen LogP contribution is 2.18. The summed E-state index contributed by atoms with van der Waals surface area (Å²) in [5.41, 5.74) is 0. The lowest BCUT2D eigenvalue weighted by atomic mass is 9.97. The molecule has 4 nitrogen and oxygen atoms in total. The Morgan fingerprint density at radius 2 is 2.46 bits per heavy atom. The van der Waals surface area contributed by atoms with Gasteiger partial charge in [-0.05, 0) is 12.8 Å². The van der Waals surface area contributed by atoms with E-state index in [2.05, 4.69) is 17.6 Å². The average molecular weight is 186 g/mol. The minimum absolute atomic E-state index is 0.0984. The molecule has 1 aliphatic heterocycles. The molecule has 0 aromatic rings. The Morgan fingerprint density at radius 3 is 2.92 bits per heavy atom. The summed E-state index contributed by atoms with van der Waals surface area (Å²) in [6.07, 6.45) is 2.02. The van der Waals surface area contributed by atoms with Gasteiger partial charge in [-0.25, -0.2) is 4.79 Å². The molecule has 4 heteroatoms. The van der Waals surface area contributed by atoms with Crippen LogP contribution >= 0.6 is 0 Å². The SMILES string of the molecule is CCC(NC(=O)NC)C1CCOC1. The topological polar surface area (TPSA) is 50.4 Å². The van der Waals surface area contributed by atoms with E-state index in [1.807, 2.05) is 0 Å². The Kier molecular flexibility index (Phi) is 4.02. The van der Waals surface area contributed by atoms with Gasteiger partial charge in [0.2, 0.25) is 0 Å². The van der Waals surface area contributed by atoms with Crippen molar-refractivity contribution < 1.29 is 9.53 Å². The zero-order chi connectivity index (χ0) is 9.68. The molecule has 0 aromatic heterocycles. The molecule has 2 atom stereocenters. The molecule has 0 radical (unpaired) electrons. The van der Waals surface area contributed by atoms with Gasteiger partial charge in [-0.2, -0.15) is 0 Å². The molecule has 2 unspecified atom stereocenters. The number of urea groups is 1. The fourth-order valence-corrected chi connectivity index (χ4v) is 1.66. The van der Waals surface area contributed by atoms with Crippen molar-refractivity contribution >= 4 is 6.03 Å². The van der Waals surface area contributed by atoms with Crippen LogP contribution in [0.1, 0.15) is 19.8 Å². The molecular formula is C9H18N2O2. The first-order valence-electron chi connectivity index (χ1n) is 4.84. The van der Waals surface area contributed by atoms with Gasteiger partial charge in [-0.3, -0.25) is 0 Å². The van der Waals surface area contributed by atoms with E-state index in [1.165, 1.54) is 0 Å². The first kappa shape index (κ1) is 10.3. The van der Waals surface area contributed by atoms with Crippen LogP contribution < -0.4 is 10.6 Å². The summed E-state index contributed by atoms with van der Waals surface area (Å²) in [5, 5.41) is 5.49. The minimum Gasteiger partial charge on any atom is -0.381 e. The molecule has 0 spiro atoms. The van der Waals surface area contributed by atoms with E-state index in [0.717, 1.165) is 26.1 Å². The lowest BCUT2D eigenvalue weighted by Gasteiger charge is -2.21. The minimum atomic E-state index is -0.0984. The van der Waals surface area contributed by atoms with Gasteiger partial charge in [0.15, 0.2) is 0 Å². The number of amides is 2. The summed E-state index contributed by atoms with van der Waals surface area (Å²) in [7, 11) is 1.63. The third-order valence-electron chi connectivity index (χ3n) is 2.52. The van der Waals surface area contributed by atoms with Crippen molar-refractivity contribution in [3.63, 3.8) is 0 Å². The molecule has 76 valence electrons. The largest absolute Gasteiger partial charge is 0.381 e. The van der Waals surface area contributed by atoms with Crippen LogP contribution in [0.25, 0.3) is 0 Å². The van der Waals surface area contributed by atoms with Crippen molar-refractivity contribution in [1.82, 2.24) is 10.6 Å². The lowest BCUT2D eigenvalue weighted by Crippen LogP contribution is -2.44. The van der Waals surface area contributed by atoms with Gasteiger partial charge in [0.05, 0.1) is 6.61 Å². The summed E-state index contributed by atoms with van der Waals surface area (Å²) in [6, 6.07) is 0.154. The van der Waals surface area contributed by atoms with Gasteiger partial charge in [0.1, 0.15) is 0 Å². The van der Waals surface area contributed by atoms with E-state index in [0.29, 0.717) is 5.92 Å². The quantitative estimate of drug-likeness (QED) is 0.682. The molecule has 1 saturated heterocycles. The molecule has 1 rings (SSSR count). The highest BCUT2D eigenvalue weighted by molar-refractivity contribution is 5.73. The summed E-state index contributed by atoms with van der Waals surface area (Å²) in [4.78, 5) is 11.1. The normalized spacial score (nSPS) is 24.0. The van der Waals surface area contributed by atoms with Gasteiger partial charge >= 0.3 is 6.03 Å². The first-order valence-corrected chi connectivity index (χ1v) is 4.84. The Morgan fingerprint density at radius 1 is 1.69 bits per heavy atom. The van der Waals surface area contributed by atoms with Gasteiger partial charge in [0.25, 0.3) is 0 Å². The van der Waals surface area contributed by atoms with Crippen LogP contribution in [0.2, 0.25) is 0 Å². The van der Waals surface area contributed by atoms with E-state index in [-0.39, 0.29) is 12.1 Å². The van der Waals surface area contributed by atoms with Crippen LogP contribution in [0, 0.1) is 5.92 Å². The van der Waals surface area contributed by atoms with E-state index in [4.69, 9.17) is 4.74 Å². The Balaban J connectivity index is 2.37. The van der Waals surface area contributed by atoms with Crippen LogP contribution in [0.3, 0.4) is 0 Å². The number of rotatable bonds is 3. The summed E-state index contributed by atoms with van der Waals surface area (Å²) in [6.45, 7) is 3.69. The second-order valence-corrected chi connectivity index (χ2v) is 3.36. The van der Waals surface area contributed by atoms with Crippen LogP contribution in [0.15, 0.2) is 0 Å². The van der Waals surface area contributed by atoms with Crippen molar-refractivity contribution in [3.05, 3.63) is 0 Å².